The van der Waals surface area contributed by atoms with Gasteiger partial charge in [-0.1, -0.05) is 0 Å². The topological polar surface area (TPSA) is 66.0 Å². The van der Waals surface area contributed by atoms with Gasteiger partial charge in [0, 0.05) is 18.4 Å². The van der Waals surface area contributed by atoms with Crippen LogP contribution in [0.25, 0.3) is 11.3 Å². The number of hydrogen-bond donors (Lipinski definition) is 1. The van der Waals surface area contributed by atoms with Gasteiger partial charge >= 0.3 is 0 Å². The van der Waals surface area contributed by atoms with Gasteiger partial charge in [0.25, 0.3) is 0 Å². The number of aromatic nitrogens is 3. The third-order valence-electron chi connectivity index (χ3n) is 3.69. The lowest BCUT2D eigenvalue weighted by Crippen LogP contribution is -2.20. The lowest BCUT2D eigenvalue weighted by atomic mass is 10.1. The van der Waals surface area contributed by atoms with Crippen LogP contribution in [0.4, 0.5) is 5.82 Å². The van der Waals surface area contributed by atoms with E-state index in [1.165, 1.54) is 0 Å². The summed E-state index contributed by atoms with van der Waals surface area (Å²) in [6, 6.07) is 4.05. The highest BCUT2D eigenvalue weighted by Crippen LogP contribution is 2.28. The summed E-state index contributed by atoms with van der Waals surface area (Å²) in [5, 5.41) is 0. The molecule has 3 rings (SSSR count). The standard InChI is InChI=1S/C14H18N4O/c1-10(13-3-2-6-19-13)18-9-16-8-12(18)11-4-5-14(15)17-7-11/h4-5,7-10,13H,2-3,6H2,1H3,(H2,15,17). The van der Waals surface area contributed by atoms with Gasteiger partial charge in [-0.15, -0.1) is 0 Å². The quantitative estimate of drug-likeness (QED) is 0.917. The minimum Gasteiger partial charge on any atom is -0.384 e. The van der Waals surface area contributed by atoms with Crippen molar-refractivity contribution in [1.82, 2.24) is 14.5 Å². The van der Waals surface area contributed by atoms with Gasteiger partial charge in [0.05, 0.1) is 30.4 Å². The molecular formula is C14H18N4O. The van der Waals surface area contributed by atoms with Crippen molar-refractivity contribution >= 4 is 5.82 Å². The molecule has 1 fully saturated rings. The largest absolute Gasteiger partial charge is 0.384 e. The van der Waals surface area contributed by atoms with Crippen LogP contribution in [0, 0.1) is 0 Å². The molecule has 2 unspecified atom stereocenters. The van der Waals surface area contributed by atoms with E-state index in [0.29, 0.717) is 5.82 Å². The number of nitrogens with zero attached hydrogens (tertiary/aromatic N) is 3. The molecule has 1 aliphatic rings. The molecule has 0 bridgehead atoms. The van der Waals surface area contributed by atoms with Crippen molar-refractivity contribution in [3.63, 3.8) is 0 Å². The van der Waals surface area contributed by atoms with E-state index in [0.717, 1.165) is 30.7 Å². The molecule has 0 aromatic carbocycles. The van der Waals surface area contributed by atoms with Gasteiger partial charge in [0.2, 0.25) is 0 Å². The minimum atomic E-state index is 0.273. The molecule has 2 N–H and O–H groups in total. The fraction of sp³-hybridized carbons (Fsp3) is 0.429. The molecule has 2 atom stereocenters. The molecule has 1 saturated heterocycles. The van der Waals surface area contributed by atoms with Gasteiger partial charge in [0.1, 0.15) is 5.82 Å². The minimum absolute atomic E-state index is 0.273. The summed E-state index contributed by atoms with van der Waals surface area (Å²) in [4.78, 5) is 8.40. The zero-order chi connectivity index (χ0) is 13.2. The van der Waals surface area contributed by atoms with Crippen molar-refractivity contribution in [3.05, 3.63) is 30.9 Å². The summed E-state index contributed by atoms with van der Waals surface area (Å²) in [6.07, 6.45) is 8.03. The van der Waals surface area contributed by atoms with Crippen molar-refractivity contribution < 1.29 is 4.74 Å². The highest BCUT2D eigenvalue weighted by atomic mass is 16.5. The highest BCUT2D eigenvalue weighted by Gasteiger charge is 2.25. The molecular weight excluding hydrogens is 240 g/mol. The average Bonchev–Trinajstić information content (AvgIpc) is 3.10. The van der Waals surface area contributed by atoms with E-state index in [1.54, 1.807) is 6.20 Å². The summed E-state index contributed by atoms with van der Waals surface area (Å²) in [6.45, 7) is 3.04. The first-order valence-electron chi connectivity index (χ1n) is 6.61. The Bertz CT molecular complexity index is 543. The molecule has 0 aliphatic carbocycles. The van der Waals surface area contributed by atoms with Crippen LogP contribution in [0.15, 0.2) is 30.9 Å². The van der Waals surface area contributed by atoms with Crippen molar-refractivity contribution in [2.45, 2.75) is 31.9 Å². The SMILES string of the molecule is CC(C1CCCO1)n1cncc1-c1ccc(N)nc1. The van der Waals surface area contributed by atoms with Crippen molar-refractivity contribution in [2.24, 2.45) is 0 Å². The number of hydrogen-bond acceptors (Lipinski definition) is 4. The molecule has 5 heteroatoms. The summed E-state index contributed by atoms with van der Waals surface area (Å²) in [5.41, 5.74) is 7.70. The third kappa shape index (κ3) is 2.33. The maximum atomic E-state index is 5.76. The summed E-state index contributed by atoms with van der Waals surface area (Å²) >= 11 is 0. The Morgan fingerprint density at radius 3 is 3.00 bits per heavy atom. The number of rotatable bonds is 3. The van der Waals surface area contributed by atoms with E-state index in [9.17, 15) is 0 Å². The van der Waals surface area contributed by atoms with Gasteiger partial charge in [-0.2, -0.15) is 0 Å². The second kappa shape index (κ2) is 5.01. The van der Waals surface area contributed by atoms with Gasteiger partial charge < -0.3 is 15.0 Å². The number of nitrogen functional groups attached to an aromatic ring is 1. The maximum absolute atomic E-state index is 5.76. The lowest BCUT2D eigenvalue weighted by Gasteiger charge is -2.22. The molecule has 1 aliphatic heterocycles. The van der Waals surface area contributed by atoms with Crippen LogP contribution in [0.1, 0.15) is 25.8 Å². The summed E-state index contributed by atoms with van der Waals surface area (Å²) in [7, 11) is 0. The molecule has 19 heavy (non-hydrogen) atoms. The van der Waals surface area contributed by atoms with Crippen molar-refractivity contribution in [3.8, 4) is 11.3 Å². The van der Waals surface area contributed by atoms with E-state index in [2.05, 4.69) is 21.5 Å². The third-order valence-corrected chi connectivity index (χ3v) is 3.69. The number of nitrogens with two attached hydrogens (primary N) is 1. The van der Waals surface area contributed by atoms with Crippen LogP contribution >= 0.6 is 0 Å². The fourth-order valence-electron chi connectivity index (χ4n) is 2.57. The van der Waals surface area contributed by atoms with Gasteiger partial charge in [0.15, 0.2) is 0 Å². The fourth-order valence-corrected chi connectivity index (χ4v) is 2.57. The van der Waals surface area contributed by atoms with E-state index in [4.69, 9.17) is 10.5 Å². The van der Waals surface area contributed by atoms with E-state index in [1.807, 2.05) is 24.7 Å². The normalized spacial score (nSPS) is 20.6. The Morgan fingerprint density at radius 2 is 2.32 bits per heavy atom. The molecule has 0 saturated carbocycles. The molecule has 5 nitrogen and oxygen atoms in total. The predicted octanol–water partition coefficient (Wildman–Crippen LogP) is 2.27. The first-order valence-corrected chi connectivity index (χ1v) is 6.61. The van der Waals surface area contributed by atoms with Crippen LogP contribution in [-0.4, -0.2) is 27.2 Å². The second-order valence-corrected chi connectivity index (χ2v) is 4.95. The Balaban J connectivity index is 1.91. The molecule has 0 amide bonds. The molecule has 100 valence electrons. The highest BCUT2D eigenvalue weighted by molar-refractivity contribution is 5.59. The zero-order valence-electron chi connectivity index (χ0n) is 11.0. The Hall–Kier alpha value is -1.88. The van der Waals surface area contributed by atoms with Crippen molar-refractivity contribution in [2.75, 3.05) is 12.3 Å². The second-order valence-electron chi connectivity index (χ2n) is 4.95. The first kappa shape index (κ1) is 12.2. The Labute approximate surface area is 112 Å². The van der Waals surface area contributed by atoms with E-state index in [-0.39, 0.29) is 12.1 Å². The van der Waals surface area contributed by atoms with Crippen LogP contribution in [0.2, 0.25) is 0 Å². The van der Waals surface area contributed by atoms with Crippen LogP contribution < -0.4 is 5.73 Å². The molecule has 2 aromatic rings. The zero-order valence-corrected chi connectivity index (χ0v) is 11.0. The Morgan fingerprint density at radius 1 is 1.42 bits per heavy atom. The number of anilines is 1. The predicted molar refractivity (Wildman–Crippen MR) is 73.6 cm³/mol. The number of pyridine rings is 1. The molecule has 0 radical (unpaired) electrons. The Kier molecular flexibility index (Phi) is 3.21. The van der Waals surface area contributed by atoms with E-state index >= 15 is 0 Å². The summed E-state index contributed by atoms with van der Waals surface area (Å²) < 4.78 is 7.92. The van der Waals surface area contributed by atoms with Gasteiger partial charge in [-0.25, -0.2) is 9.97 Å². The monoisotopic (exact) mass is 258 g/mol. The summed E-state index contributed by atoms with van der Waals surface area (Å²) in [5.74, 6) is 0.530. The maximum Gasteiger partial charge on any atom is 0.123 e. The number of ether oxygens (including phenoxy) is 1. The van der Waals surface area contributed by atoms with Gasteiger partial charge in [-0.3, -0.25) is 0 Å². The average molecular weight is 258 g/mol. The van der Waals surface area contributed by atoms with E-state index < -0.39 is 0 Å². The van der Waals surface area contributed by atoms with Crippen LogP contribution in [-0.2, 0) is 4.74 Å². The van der Waals surface area contributed by atoms with Crippen molar-refractivity contribution in [1.29, 1.82) is 0 Å². The van der Waals surface area contributed by atoms with Crippen LogP contribution in [0.5, 0.6) is 0 Å². The molecule has 0 spiro atoms. The first-order chi connectivity index (χ1) is 9.25. The van der Waals surface area contributed by atoms with Gasteiger partial charge in [-0.05, 0) is 31.9 Å². The van der Waals surface area contributed by atoms with Crippen LogP contribution in [0.3, 0.4) is 0 Å². The smallest absolute Gasteiger partial charge is 0.123 e. The lowest BCUT2D eigenvalue weighted by molar-refractivity contribution is 0.0737. The number of imidazole rings is 1. The molecule has 2 aromatic heterocycles. The molecule has 3 heterocycles.